The predicted molar refractivity (Wildman–Crippen MR) is 39.9 cm³/mol. The summed E-state index contributed by atoms with van der Waals surface area (Å²) in [6, 6.07) is 0. The molecule has 1 aliphatic carbocycles. The standard InChI is InChI=1S/C8H12O4/c9-7(10)6-8(2-1-3-8)12-5-4-11-6/h6H,1-5H2,(H,9,10). The van der Waals surface area contributed by atoms with Crippen LogP contribution in [-0.2, 0) is 14.3 Å². The van der Waals surface area contributed by atoms with E-state index in [1.54, 1.807) is 0 Å². The van der Waals surface area contributed by atoms with E-state index in [1.165, 1.54) is 0 Å². The molecule has 2 aliphatic rings. The Balaban J connectivity index is 2.11. The number of aliphatic carboxylic acids is 1. The summed E-state index contributed by atoms with van der Waals surface area (Å²) in [6.07, 6.45) is 1.96. The fourth-order valence-electron chi connectivity index (χ4n) is 1.87. The second kappa shape index (κ2) is 2.71. The van der Waals surface area contributed by atoms with Gasteiger partial charge in [-0.3, -0.25) is 0 Å². The summed E-state index contributed by atoms with van der Waals surface area (Å²) in [5.41, 5.74) is -0.482. The molecule has 4 heteroatoms. The average Bonchev–Trinajstić information content (AvgIpc) is 2.01. The minimum absolute atomic E-state index is 0.402. The Morgan fingerprint density at radius 3 is 2.58 bits per heavy atom. The van der Waals surface area contributed by atoms with Gasteiger partial charge in [0.25, 0.3) is 0 Å². The van der Waals surface area contributed by atoms with Crippen LogP contribution in [-0.4, -0.2) is 36.0 Å². The highest BCUT2D eigenvalue weighted by Crippen LogP contribution is 2.41. The second-order valence-electron chi connectivity index (χ2n) is 3.36. The second-order valence-corrected chi connectivity index (χ2v) is 3.36. The van der Waals surface area contributed by atoms with Gasteiger partial charge in [-0.15, -0.1) is 0 Å². The first-order chi connectivity index (χ1) is 5.75. The summed E-state index contributed by atoms with van der Waals surface area (Å²) >= 11 is 0. The molecule has 2 fully saturated rings. The van der Waals surface area contributed by atoms with Crippen LogP contribution in [0.4, 0.5) is 0 Å². The molecule has 0 aromatic rings. The molecule has 1 heterocycles. The number of ether oxygens (including phenoxy) is 2. The third-order valence-electron chi connectivity index (χ3n) is 2.66. The molecule has 0 aromatic carbocycles. The van der Waals surface area contributed by atoms with Crippen LogP contribution in [0.2, 0.25) is 0 Å². The zero-order valence-electron chi connectivity index (χ0n) is 6.78. The number of carboxylic acid groups (broad SMARTS) is 1. The fourth-order valence-corrected chi connectivity index (χ4v) is 1.87. The Hall–Kier alpha value is -0.610. The fraction of sp³-hybridized carbons (Fsp3) is 0.875. The number of hydrogen-bond acceptors (Lipinski definition) is 3. The van der Waals surface area contributed by atoms with Gasteiger partial charge < -0.3 is 14.6 Å². The number of carbonyl (C=O) groups is 1. The van der Waals surface area contributed by atoms with Gasteiger partial charge >= 0.3 is 5.97 Å². The van der Waals surface area contributed by atoms with Crippen LogP contribution >= 0.6 is 0 Å². The summed E-state index contributed by atoms with van der Waals surface area (Å²) in [5, 5.41) is 8.83. The highest BCUT2D eigenvalue weighted by atomic mass is 16.6. The molecule has 0 amide bonds. The van der Waals surface area contributed by atoms with Crippen molar-refractivity contribution in [1.82, 2.24) is 0 Å². The smallest absolute Gasteiger partial charge is 0.335 e. The zero-order valence-corrected chi connectivity index (χ0v) is 6.78. The van der Waals surface area contributed by atoms with E-state index >= 15 is 0 Å². The highest BCUT2D eigenvalue weighted by molar-refractivity contribution is 5.74. The van der Waals surface area contributed by atoms with Crippen LogP contribution in [0.25, 0.3) is 0 Å². The van der Waals surface area contributed by atoms with E-state index in [0.29, 0.717) is 13.2 Å². The van der Waals surface area contributed by atoms with Gasteiger partial charge in [0.15, 0.2) is 6.10 Å². The lowest BCUT2D eigenvalue weighted by atomic mass is 9.75. The SMILES string of the molecule is O=C(O)C1OCCOC12CCC2. The summed E-state index contributed by atoms with van der Waals surface area (Å²) in [5.74, 6) is -0.894. The summed E-state index contributed by atoms with van der Waals surface area (Å²) in [7, 11) is 0. The minimum Gasteiger partial charge on any atom is -0.479 e. The van der Waals surface area contributed by atoms with Crippen molar-refractivity contribution in [1.29, 1.82) is 0 Å². The molecule has 2 rings (SSSR count). The molecule has 1 aliphatic heterocycles. The number of hydrogen-bond donors (Lipinski definition) is 1. The molecule has 0 bridgehead atoms. The van der Waals surface area contributed by atoms with Gasteiger partial charge in [-0.1, -0.05) is 0 Å². The van der Waals surface area contributed by atoms with Gasteiger partial charge in [0.1, 0.15) is 5.60 Å². The monoisotopic (exact) mass is 172 g/mol. The molecule has 1 N–H and O–H groups in total. The predicted octanol–water partition coefficient (Wildman–Crippen LogP) is 0.409. The van der Waals surface area contributed by atoms with E-state index in [-0.39, 0.29) is 0 Å². The molecule has 12 heavy (non-hydrogen) atoms. The number of carboxylic acids is 1. The van der Waals surface area contributed by atoms with E-state index in [4.69, 9.17) is 14.6 Å². The van der Waals surface area contributed by atoms with Crippen molar-refractivity contribution in [2.45, 2.75) is 31.0 Å². The molecule has 1 saturated heterocycles. The van der Waals surface area contributed by atoms with Crippen LogP contribution in [0.5, 0.6) is 0 Å². The van der Waals surface area contributed by atoms with Gasteiger partial charge in [0.2, 0.25) is 0 Å². The van der Waals surface area contributed by atoms with Gasteiger partial charge in [-0.25, -0.2) is 4.79 Å². The van der Waals surface area contributed by atoms with Gasteiger partial charge in [0.05, 0.1) is 13.2 Å². The first kappa shape index (κ1) is 8.01. The molecule has 1 atom stereocenters. The first-order valence-corrected chi connectivity index (χ1v) is 4.23. The van der Waals surface area contributed by atoms with E-state index in [1.807, 2.05) is 0 Å². The van der Waals surface area contributed by atoms with Crippen molar-refractivity contribution in [3.8, 4) is 0 Å². The quantitative estimate of drug-likeness (QED) is 0.622. The Bertz CT molecular complexity index is 197. The van der Waals surface area contributed by atoms with Crippen molar-refractivity contribution >= 4 is 5.97 Å². The van der Waals surface area contributed by atoms with E-state index < -0.39 is 17.7 Å². The van der Waals surface area contributed by atoms with Crippen molar-refractivity contribution in [2.24, 2.45) is 0 Å². The third-order valence-corrected chi connectivity index (χ3v) is 2.66. The van der Waals surface area contributed by atoms with E-state index in [0.717, 1.165) is 19.3 Å². The molecular formula is C8H12O4. The molecule has 1 unspecified atom stereocenters. The summed E-state index contributed by atoms with van der Waals surface area (Å²) in [6.45, 7) is 0.933. The van der Waals surface area contributed by atoms with Crippen molar-refractivity contribution in [2.75, 3.05) is 13.2 Å². The van der Waals surface area contributed by atoms with Crippen LogP contribution in [0.3, 0.4) is 0 Å². The van der Waals surface area contributed by atoms with Crippen LogP contribution in [0.15, 0.2) is 0 Å². The third kappa shape index (κ3) is 1.03. The maximum atomic E-state index is 10.8. The Morgan fingerprint density at radius 2 is 2.17 bits per heavy atom. The molecule has 68 valence electrons. The average molecular weight is 172 g/mol. The summed E-state index contributed by atoms with van der Waals surface area (Å²) < 4.78 is 10.6. The van der Waals surface area contributed by atoms with E-state index in [9.17, 15) is 4.79 Å². The lowest BCUT2D eigenvalue weighted by Crippen LogP contribution is -2.58. The van der Waals surface area contributed by atoms with Crippen molar-refractivity contribution < 1.29 is 19.4 Å². The number of rotatable bonds is 1. The normalized spacial score (nSPS) is 32.8. The molecular weight excluding hydrogens is 160 g/mol. The Kier molecular flexibility index (Phi) is 1.81. The molecule has 0 radical (unpaired) electrons. The van der Waals surface area contributed by atoms with Crippen molar-refractivity contribution in [3.05, 3.63) is 0 Å². The lowest BCUT2D eigenvalue weighted by Gasteiger charge is -2.47. The lowest BCUT2D eigenvalue weighted by molar-refractivity contribution is -0.238. The Morgan fingerprint density at radius 1 is 1.42 bits per heavy atom. The molecule has 0 aromatic heterocycles. The first-order valence-electron chi connectivity index (χ1n) is 4.23. The maximum absolute atomic E-state index is 10.8. The largest absolute Gasteiger partial charge is 0.479 e. The maximum Gasteiger partial charge on any atom is 0.335 e. The van der Waals surface area contributed by atoms with Crippen LogP contribution < -0.4 is 0 Å². The molecule has 4 nitrogen and oxygen atoms in total. The van der Waals surface area contributed by atoms with Gasteiger partial charge in [0, 0.05) is 0 Å². The molecule has 1 spiro atoms. The zero-order chi connectivity index (χ0) is 8.60. The topological polar surface area (TPSA) is 55.8 Å². The van der Waals surface area contributed by atoms with Crippen LogP contribution in [0, 0.1) is 0 Å². The van der Waals surface area contributed by atoms with Crippen molar-refractivity contribution in [3.63, 3.8) is 0 Å². The van der Waals surface area contributed by atoms with E-state index in [2.05, 4.69) is 0 Å². The van der Waals surface area contributed by atoms with Crippen LogP contribution in [0.1, 0.15) is 19.3 Å². The summed E-state index contributed by atoms with van der Waals surface area (Å²) in [4.78, 5) is 10.8. The van der Waals surface area contributed by atoms with Gasteiger partial charge in [-0.2, -0.15) is 0 Å². The molecule has 1 saturated carbocycles. The Labute approximate surface area is 70.5 Å². The highest BCUT2D eigenvalue weighted by Gasteiger charge is 2.51. The van der Waals surface area contributed by atoms with Gasteiger partial charge in [-0.05, 0) is 19.3 Å². The minimum atomic E-state index is -0.894.